The Kier molecular flexibility index (Phi) is 7.57. The van der Waals surface area contributed by atoms with Crippen LogP contribution < -0.4 is 5.32 Å². The Labute approximate surface area is 121 Å². The number of halogens is 1. The van der Waals surface area contributed by atoms with Crippen LogP contribution in [0, 0.1) is 5.92 Å². The molecule has 19 heavy (non-hydrogen) atoms. The first-order valence-electron chi connectivity index (χ1n) is 7.13. The van der Waals surface area contributed by atoms with Crippen LogP contribution >= 0.6 is 11.6 Å². The summed E-state index contributed by atoms with van der Waals surface area (Å²) in [4.78, 5) is 12.0. The van der Waals surface area contributed by atoms with Gasteiger partial charge >= 0.3 is 0 Å². The second-order valence-electron chi connectivity index (χ2n) is 4.82. The molecule has 0 bridgehead atoms. The fourth-order valence-electron chi connectivity index (χ4n) is 2.37. The van der Waals surface area contributed by atoms with Crippen molar-refractivity contribution in [3.05, 3.63) is 35.9 Å². The van der Waals surface area contributed by atoms with E-state index in [-0.39, 0.29) is 11.9 Å². The van der Waals surface area contributed by atoms with Crippen LogP contribution in [0.5, 0.6) is 0 Å². The summed E-state index contributed by atoms with van der Waals surface area (Å²) in [6.45, 7) is 4.35. The SMILES string of the molecule is CCC(CC)C(NC(=O)CCCCl)c1ccccc1. The average molecular weight is 282 g/mol. The Bertz CT molecular complexity index is 362. The van der Waals surface area contributed by atoms with Gasteiger partial charge in [-0.3, -0.25) is 4.79 Å². The van der Waals surface area contributed by atoms with Gasteiger partial charge in [0.05, 0.1) is 6.04 Å². The Morgan fingerprint density at radius 3 is 2.37 bits per heavy atom. The van der Waals surface area contributed by atoms with E-state index in [0.29, 0.717) is 18.2 Å². The van der Waals surface area contributed by atoms with E-state index < -0.39 is 0 Å². The van der Waals surface area contributed by atoms with Crippen molar-refractivity contribution >= 4 is 17.5 Å². The molecule has 1 rings (SSSR count). The van der Waals surface area contributed by atoms with Gasteiger partial charge in [-0.25, -0.2) is 0 Å². The average Bonchev–Trinajstić information content (AvgIpc) is 2.46. The standard InChI is InChI=1S/C16H24ClNO/c1-3-13(4-2)16(14-9-6-5-7-10-14)18-15(19)11-8-12-17/h5-7,9-10,13,16H,3-4,8,11-12H2,1-2H3,(H,18,19). The van der Waals surface area contributed by atoms with E-state index in [1.54, 1.807) is 0 Å². The fraction of sp³-hybridized carbons (Fsp3) is 0.562. The minimum absolute atomic E-state index is 0.0985. The molecule has 2 nitrogen and oxygen atoms in total. The van der Waals surface area contributed by atoms with Gasteiger partial charge in [0.15, 0.2) is 0 Å². The number of carbonyl (C=O) groups excluding carboxylic acids is 1. The molecule has 0 aromatic heterocycles. The van der Waals surface area contributed by atoms with E-state index in [2.05, 4.69) is 31.3 Å². The highest BCUT2D eigenvalue weighted by Crippen LogP contribution is 2.27. The summed E-state index contributed by atoms with van der Waals surface area (Å²) < 4.78 is 0. The number of carbonyl (C=O) groups is 1. The molecule has 0 saturated carbocycles. The van der Waals surface area contributed by atoms with Crippen LogP contribution in [0.15, 0.2) is 30.3 Å². The summed E-state index contributed by atoms with van der Waals surface area (Å²) in [5.74, 6) is 1.11. The molecule has 106 valence electrons. The Hall–Kier alpha value is -1.02. The monoisotopic (exact) mass is 281 g/mol. The lowest BCUT2D eigenvalue weighted by Crippen LogP contribution is -2.33. The number of alkyl halides is 1. The highest BCUT2D eigenvalue weighted by atomic mass is 35.5. The third-order valence-corrected chi connectivity index (χ3v) is 3.80. The summed E-state index contributed by atoms with van der Waals surface area (Å²) in [6.07, 6.45) is 3.36. The van der Waals surface area contributed by atoms with Crippen LogP contribution in [0.1, 0.15) is 51.1 Å². The lowest BCUT2D eigenvalue weighted by atomic mass is 9.88. The largest absolute Gasteiger partial charge is 0.349 e. The highest BCUT2D eigenvalue weighted by molar-refractivity contribution is 6.17. The lowest BCUT2D eigenvalue weighted by molar-refractivity contribution is -0.122. The van der Waals surface area contributed by atoms with Crippen LogP contribution in [0.2, 0.25) is 0 Å². The molecular formula is C16H24ClNO. The van der Waals surface area contributed by atoms with Gasteiger partial charge in [0, 0.05) is 12.3 Å². The third-order valence-electron chi connectivity index (χ3n) is 3.53. The molecule has 0 aliphatic carbocycles. The molecule has 0 spiro atoms. The van der Waals surface area contributed by atoms with Crippen LogP contribution in [0.25, 0.3) is 0 Å². The summed E-state index contributed by atoms with van der Waals surface area (Å²) in [7, 11) is 0. The summed E-state index contributed by atoms with van der Waals surface area (Å²) in [6, 6.07) is 10.3. The van der Waals surface area contributed by atoms with E-state index in [1.807, 2.05) is 18.2 Å². The molecule has 0 fully saturated rings. The Morgan fingerprint density at radius 1 is 1.21 bits per heavy atom. The Balaban J connectivity index is 2.78. The zero-order valence-corrected chi connectivity index (χ0v) is 12.6. The zero-order valence-electron chi connectivity index (χ0n) is 11.9. The quantitative estimate of drug-likeness (QED) is 0.707. The van der Waals surface area contributed by atoms with Gasteiger partial charge < -0.3 is 5.32 Å². The highest BCUT2D eigenvalue weighted by Gasteiger charge is 2.21. The maximum absolute atomic E-state index is 12.0. The maximum Gasteiger partial charge on any atom is 0.220 e. The van der Waals surface area contributed by atoms with E-state index in [0.717, 1.165) is 19.3 Å². The number of benzene rings is 1. The molecular weight excluding hydrogens is 258 g/mol. The molecule has 1 atom stereocenters. The van der Waals surface area contributed by atoms with Gasteiger partial charge in [-0.1, -0.05) is 57.0 Å². The number of hydrogen-bond acceptors (Lipinski definition) is 1. The van der Waals surface area contributed by atoms with Crippen molar-refractivity contribution in [1.82, 2.24) is 5.32 Å². The molecule has 1 aromatic rings. The molecule has 1 amide bonds. The fourth-order valence-corrected chi connectivity index (χ4v) is 2.50. The minimum Gasteiger partial charge on any atom is -0.349 e. The molecule has 0 saturated heterocycles. The molecule has 1 aromatic carbocycles. The Morgan fingerprint density at radius 2 is 1.84 bits per heavy atom. The van der Waals surface area contributed by atoms with E-state index in [4.69, 9.17) is 11.6 Å². The summed E-state index contributed by atoms with van der Waals surface area (Å²) in [5, 5.41) is 3.17. The zero-order chi connectivity index (χ0) is 14.1. The summed E-state index contributed by atoms with van der Waals surface area (Å²) >= 11 is 5.64. The second kappa shape index (κ2) is 8.98. The molecule has 3 heteroatoms. The minimum atomic E-state index is 0.0985. The van der Waals surface area contributed by atoms with Gasteiger partial charge in [0.2, 0.25) is 5.91 Å². The predicted octanol–water partition coefficient (Wildman–Crippen LogP) is 4.30. The maximum atomic E-state index is 12.0. The van der Waals surface area contributed by atoms with Crippen LogP contribution in [0.4, 0.5) is 0 Å². The second-order valence-corrected chi connectivity index (χ2v) is 5.20. The first kappa shape index (κ1) is 16.0. The van der Waals surface area contributed by atoms with Gasteiger partial charge in [-0.05, 0) is 17.9 Å². The van der Waals surface area contributed by atoms with E-state index in [9.17, 15) is 4.79 Å². The molecule has 0 aliphatic rings. The first-order chi connectivity index (χ1) is 9.22. The van der Waals surface area contributed by atoms with Gasteiger partial charge in [-0.2, -0.15) is 0 Å². The van der Waals surface area contributed by atoms with Gasteiger partial charge in [0.1, 0.15) is 0 Å². The van der Waals surface area contributed by atoms with E-state index >= 15 is 0 Å². The smallest absolute Gasteiger partial charge is 0.220 e. The van der Waals surface area contributed by atoms with Crippen molar-refractivity contribution < 1.29 is 4.79 Å². The number of nitrogens with one attached hydrogen (secondary N) is 1. The molecule has 1 unspecified atom stereocenters. The summed E-state index contributed by atoms with van der Waals surface area (Å²) in [5.41, 5.74) is 1.19. The van der Waals surface area contributed by atoms with E-state index in [1.165, 1.54) is 5.56 Å². The number of hydrogen-bond donors (Lipinski definition) is 1. The lowest BCUT2D eigenvalue weighted by Gasteiger charge is -2.27. The normalized spacial score (nSPS) is 12.4. The van der Waals surface area contributed by atoms with Crippen molar-refractivity contribution in [2.45, 2.75) is 45.6 Å². The predicted molar refractivity (Wildman–Crippen MR) is 81.4 cm³/mol. The van der Waals surface area contributed by atoms with Crippen molar-refractivity contribution in [3.8, 4) is 0 Å². The molecule has 0 aliphatic heterocycles. The first-order valence-corrected chi connectivity index (χ1v) is 7.66. The third kappa shape index (κ3) is 5.23. The van der Waals surface area contributed by atoms with Crippen molar-refractivity contribution in [3.63, 3.8) is 0 Å². The molecule has 0 heterocycles. The van der Waals surface area contributed by atoms with Crippen molar-refractivity contribution in [2.24, 2.45) is 5.92 Å². The molecule has 0 radical (unpaired) electrons. The van der Waals surface area contributed by atoms with Crippen LogP contribution in [0.3, 0.4) is 0 Å². The number of amides is 1. The van der Waals surface area contributed by atoms with Crippen LogP contribution in [-0.4, -0.2) is 11.8 Å². The number of rotatable bonds is 8. The van der Waals surface area contributed by atoms with Gasteiger partial charge in [-0.15, -0.1) is 11.6 Å². The van der Waals surface area contributed by atoms with Crippen molar-refractivity contribution in [2.75, 3.05) is 5.88 Å². The molecule has 1 N–H and O–H groups in total. The van der Waals surface area contributed by atoms with Crippen LogP contribution in [-0.2, 0) is 4.79 Å². The van der Waals surface area contributed by atoms with Crippen molar-refractivity contribution in [1.29, 1.82) is 0 Å². The van der Waals surface area contributed by atoms with Gasteiger partial charge in [0.25, 0.3) is 0 Å². The topological polar surface area (TPSA) is 29.1 Å².